The van der Waals surface area contributed by atoms with Crippen molar-refractivity contribution in [2.24, 2.45) is 0 Å². The van der Waals surface area contributed by atoms with Crippen molar-refractivity contribution in [1.82, 2.24) is 4.90 Å². The van der Waals surface area contributed by atoms with Crippen LogP contribution in [0.25, 0.3) is 0 Å². The average Bonchev–Trinajstić information content (AvgIpc) is 2.34. The minimum absolute atomic E-state index is 0.0540. The van der Waals surface area contributed by atoms with Crippen LogP contribution in [0.5, 0.6) is 0 Å². The van der Waals surface area contributed by atoms with Crippen molar-refractivity contribution in [3.05, 3.63) is 34.2 Å². The molecular formula is C14H18BrNO2. The average molecular weight is 316 g/mol. The Labute approximate surface area is 122 Å². The van der Waals surface area contributed by atoms with Crippen LogP contribution in [0.3, 0.4) is 0 Å². The van der Waals surface area contributed by atoms with E-state index in [1.807, 2.05) is 0 Å². The highest BCUT2D eigenvalue weighted by Crippen LogP contribution is 2.32. The molecule has 0 aliphatic carbocycles. The molecule has 0 spiro atoms. The van der Waals surface area contributed by atoms with Crippen molar-refractivity contribution in [3.8, 4) is 0 Å². The Hall–Kier alpha value is -1.03. The lowest BCUT2D eigenvalue weighted by Crippen LogP contribution is -2.50. The predicted octanol–water partition coefficient (Wildman–Crippen LogP) is 3.78. The van der Waals surface area contributed by atoms with Crippen molar-refractivity contribution in [2.45, 2.75) is 32.3 Å². The maximum atomic E-state index is 11.9. The molecule has 98 valence electrons. The molecule has 0 radical (unpaired) electrons. The Bertz CT molecular complexity index is 595. The standard InChI is InChI=1S/C14H18BrNO2/c1-14(2,3)18-13(17)16-8-10(9-16)11-6-4-5-7-12(11)15/h4-7,10H,8-9H2,1-3H3/i4D,5D,6D,7D. The highest BCUT2D eigenvalue weighted by atomic mass is 79.9. The van der Waals surface area contributed by atoms with Gasteiger partial charge in [0.15, 0.2) is 0 Å². The second kappa shape index (κ2) is 4.92. The molecule has 0 atom stereocenters. The van der Waals surface area contributed by atoms with E-state index in [-0.39, 0.29) is 30.1 Å². The van der Waals surface area contributed by atoms with Crippen LogP contribution in [0.1, 0.15) is 37.7 Å². The molecule has 0 bridgehead atoms. The number of likely N-dealkylation sites (tertiary alicyclic amines) is 1. The molecule has 1 amide bonds. The molecule has 1 aromatic rings. The zero-order valence-corrected chi connectivity index (χ0v) is 12.2. The van der Waals surface area contributed by atoms with Gasteiger partial charge in [-0.25, -0.2) is 4.79 Å². The Morgan fingerprint density at radius 3 is 2.67 bits per heavy atom. The Kier molecular flexibility index (Phi) is 2.45. The van der Waals surface area contributed by atoms with Gasteiger partial charge in [-0.05, 0) is 32.4 Å². The Morgan fingerprint density at radius 1 is 1.44 bits per heavy atom. The van der Waals surface area contributed by atoms with Crippen LogP contribution in [0.15, 0.2) is 28.6 Å². The van der Waals surface area contributed by atoms with Crippen molar-refractivity contribution in [1.29, 1.82) is 0 Å². The number of carbonyl (C=O) groups is 1. The first-order valence-electron chi connectivity index (χ1n) is 7.76. The number of hydrogen-bond acceptors (Lipinski definition) is 2. The zero-order chi connectivity index (χ0) is 16.8. The summed E-state index contributed by atoms with van der Waals surface area (Å²) >= 11 is 3.25. The van der Waals surface area contributed by atoms with Crippen LogP contribution in [-0.4, -0.2) is 29.7 Å². The smallest absolute Gasteiger partial charge is 0.410 e. The summed E-state index contributed by atoms with van der Waals surface area (Å²) in [6, 6.07) is -0.656. The van der Waals surface area contributed by atoms with Gasteiger partial charge in [-0.15, -0.1) is 0 Å². The first-order chi connectivity index (χ1) is 10.0. The predicted molar refractivity (Wildman–Crippen MR) is 74.7 cm³/mol. The van der Waals surface area contributed by atoms with Crippen molar-refractivity contribution in [2.75, 3.05) is 13.1 Å². The normalized spacial score (nSPS) is 19.4. The monoisotopic (exact) mass is 315 g/mol. The van der Waals surface area contributed by atoms with Gasteiger partial charge in [0.1, 0.15) is 5.60 Å². The van der Waals surface area contributed by atoms with Crippen LogP contribution in [0.2, 0.25) is 0 Å². The number of halogens is 1. The van der Waals surface area contributed by atoms with E-state index in [0.717, 1.165) is 0 Å². The summed E-state index contributed by atoms with van der Waals surface area (Å²) in [6.07, 6.45) is -0.402. The second-order valence-corrected chi connectivity index (χ2v) is 6.10. The van der Waals surface area contributed by atoms with Gasteiger partial charge in [-0.2, -0.15) is 0 Å². The fourth-order valence-electron chi connectivity index (χ4n) is 1.72. The van der Waals surface area contributed by atoms with E-state index in [0.29, 0.717) is 23.1 Å². The van der Waals surface area contributed by atoms with Crippen LogP contribution in [-0.2, 0) is 4.74 Å². The van der Waals surface area contributed by atoms with E-state index in [1.165, 1.54) is 4.90 Å². The molecule has 1 fully saturated rings. The van der Waals surface area contributed by atoms with Gasteiger partial charge in [0, 0.05) is 23.5 Å². The molecule has 1 heterocycles. The minimum Gasteiger partial charge on any atom is -0.444 e. The Balaban J connectivity index is 2.16. The van der Waals surface area contributed by atoms with Gasteiger partial charge < -0.3 is 9.64 Å². The molecule has 1 saturated heterocycles. The van der Waals surface area contributed by atoms with Gasteiger partial charge in [-0.1, -0.05) is 34.1 Å². The molecule has 1 aromatic carbocycles. The van der Waals surface area contributed by atoms with Crippen LogP contribution in [0.4, 0.5) is 4.79 Å². The lowest BCUT2D eigenvalue weighted by Gasteiger charge is -2.40. The molecule has 1 aliphatic rings. The van der Waals surface area contributed by atoms with Crippen LogP contribution >= 0.6 is 15.9 Å². The highest BCUT2D eigenvalue weighted by Gasteiger charge is 2.35. The fraction of sp³-hybridized carbons (Fsp3) is 0.500. The number of benzene rings is 1. The quantitative estimate of drug-likeness (QED) is 0.789. The molecule has 0 N–H and O–H groups in total. The van der Waals surface area contributed by atoms with E-state index >= 15 is 0 Å². The number of rotatable bonds is 1. The van der Waals surface area contributed by atoms with Gasteiger partial charge >= 0.3 is 6.09 Å². The number of nitrogens with zero attached hydrogens (tertiary/aromatic N) is 1. The van der Waals surface area contributed by atoms with E-state index in [2.05, 4.69) is 15.9 Å². The Morgan fingerprint density at radius 2 is 2.06 bits per heavy atom. The number of carbonyl (C=O) groups excluding carboxylic acids is 1. The molecule has 4 heteroatoms. The third-order valence-electron chi connectivity index (χ3n) is 2.61. The fourth-order valence-corrected chi connectivity index (χ4v) is 2.25. The molecule has 0 saturated carbocycles. The van der Waals surface area contributed by atoms with Gasteiger partial charge in [0.25, 0.3) is 0 Å². The zero-order valence-electron chi connectivity index (χ0n) is 14.6. The van der Waals surface area contributed by atoms with E-state index < -0.39 is 11.7 Å². The number of ether oxygens (including phenoxy) is 1. The van der Waals surface area contributed by atoms with Gasteiger partial charge in [0.2, 0.25) is 0 Å². The topological polar surface area (TPSA) is 29.5 Å². The van der Waals surface area contributed by atoms with E-state index in [4.69, 9.17) is 10.2 Å². The van der Waals surface area contributed by atoms with Gasteiger partial charge in [0.05, 0.1) is 5.48 Å². The van der Waals surface area contributed by atoms with Crippen molar-refractivity contribution < 1.29 is 15.0 Å². The summed E-state index contributed by atoms with van der Waals surface area (Å²) in [4.78, 5) is 13.4. The van der Waals surface area contributed by atoms with Crippen molar-refractivity contribution >= 4 is 22.0 Å². The summed E-state index contributed by atoms with van der Waals surface area (Å²) in [5.41, 5.74) is -0.0374. The van der Waals surface area contributed by atoms with Gasteiger partial charge in [-0.3, -0.25) is 0 Å². The molecule has 18 heavy (non-hydrogen) atoms. The highest BCUT2D eigenvalue weighted by molar-refractivity contribution is 9.10. The third kappa shape index (κ3) is 3.05. The summed E-state index contributed by atoms with van der Waals surface area (Å²) in [5, 5.41) is 0. The number of hydrogen-bond donors (Lipinski definition) is 0. The largest absolute Gasteiger partial charge is 0.444 e. The molecule has 1 aliphatic heterocycles. The lowest BCUT2D eigenvalue weighted by molar-refractivity contribution is 0.00814. The summed E-state index contributed by atoms with van der Waals surface area (Å²) < 4.78 is 36.9. The third-order valence-corrected chi connectivity index (χ3v) is 3.24. The summed E-state index contributed by atoms with van der Waals surface area (Å²) in [7, 11) is 0. The maximum absolute atomic E-state index is 11.9. The first kappa shape index (κ1) is 8.97. The van der Waals surface area contributed by atoms with E-state index in [1.54, 1.807) is 20.8 Å². The SMILES string of the molecule is [2H]c1c([2H])c([2H])c(C2CN(C(=O)OC(C)(C)C)C2)c(Br)c1[2H]. The van der Waals surface area contributed by atoms with Crippen LogP contribution < -0.4 is 0 Å². The molecular weight excluding hydrogens is 294 g/mol. The number of amides is 1. The van der Waals surface area contributed by atoms with Crippen molar-refractivity contribution in [3.63, 3.8) is 0 Å². The second-order valence-electron chi connectivity index (χ2n) is 5.31. The summed E-state index contributed by atoms with van der Waals surface area (Å²) in [6.45, 7) is 6.16. The molecule has 0 aromatic heterocycles. The lowest BCUT2D eigenvalue weighted by atomic mass is 9.92. The van der Waals surface area contributed by atoms with Crippen LogP contribution in [0, 0.1) is 0 Å². The first-order valence-corrected chi connectivity index (χ1v) is 6.56. The molecule has 3 nitrogen and oxygen atoms in total. The maximum Gasteiger partial charge on any atom is 0.410 e. The molecule has 0 unspecified atom stereocenters. The minimum atomic E-state index is -0.557. The molecule has 2 rings (SSSR count). The summed E-state index contributed by atoms with van der Waals surface area (Å²) in [5.74, 6) is -0.122. The van der Waals surface area contributed by atoms with E-state index in [9.17, 15) is 4.79 Å².